The van der Waals surface area contributed by atoms with E-state index in [-0.39, 0.29) is 23.9 Å². The van der Waals surface area contributed by atoms with Crippen molar-refractivity contribution in [1.29, 1.82) is 0 Å². The molecule has 1 aliphatic heterocycles. The second-order valence-corrected chi connectivity index (χ2v) is 8.08. The fourth-order valence-corrected chi connectivity index (χ4v) is 4.52. The van der Waals surface area contributed by atoms with E-state index >= 15 is 0 Å². The summed E-state index contributed by atoms with van der Waals surface area (Å²) in [5, 5.41) is 15.2. The van der Waals surface area contributed by atoms with Crippen LogP contribution in [0.2, 0.25) is 0 Å². The van der Waals surface area contributed by atoms with Gasteiger partial charge in [0.1, 0.15) is 12.3 Å². The molecular weight excluding hydrogens is 370 g/mol. The van der Waals surface area contributed by atoms with Crippen molar-refractivity contribution in [3.63, 3.8) is 0 Å². The number of piperidine rings is 1. The van der Waals surface area contributed by atoms with Gasteiger partial charge in [-0.1, -0.05) is 25.0 Å². The summed E-state index contributed by atoms with van der Waals surface area (Å²) in [7, 11) is 1.60. The van der Waals surface area contributed by atoms with Gasteiger partial charge in [0.15, 0.2) is 0 Å². The van der Waals surface area contributed by atoms with Crippen LogP contribution in [0.4, 0.5) is 0 Å². The van der Waals surface area contributed by atoms with Crippen molar-refractivity contribution < 1.29 is 14.6 Å². The van der Waals surface area contributed by atoms with Crippen molar-refractivity contribution in [2.45, 2.75) is 44.2 Å². The molecule has 0 spiro atoms. The molecule has 0 unspecified atom stereocenters. The summed E-state index contributed by atoms with van der Waals surface area (Å²) in [6.07, 6.45) is 4.53. The maximum absolute atomic E-state index is 12.9. The monoisotopic (exact) mass is 397 g/mol. The van der Waals surface area contributed by atoms with Gasteiger partial charge in [0.05, 0.1) is 18.4 Å². The molecule has 1 aliphatic carbocycles. The average Bonchev–Trinajstić information content (AvgIpc) is 2.74. The molecule has 29 heavy (non-hydrogen) atoms. The van der Waals surface area contributed by atoms with Gasteiger partial charge in [0.2, 0.25) is 5.91 Å². The zero-order valence-corrected chi connectivity index (χ0v) is 16.7. The lowest BCUT2D eigenvalue weighted by Crippen LogP contribution is -2.55. The maximum atomic E-state index is 12.9. The number of carbonyl (C=O) groups is 1. The van der Waals surface area contributed by atoms with Crippen molar-refractivity contribution in [3.8, 4) is 17.0 Å². The number of amides is 1. The van der Waals surface area contributed by atoms with Gasteiger partial charge in [-0.05, 0) is 37.5 Å². The lowest BCUT2D eigenvalue weighted by molar-refractivity contribution is -0.144. The number of hydrogen-bond donors (Lipinski definition) is 1. The third kappa shape index (κ3) is 4.05. The molecule has 7 heteroatoms. The van der Waals surface area contributed by atoms with Gasteiger partial charge in [-0.15, -0.1) is 0 Å². The van der Waals surface area contributed by atoms with Crippen molar-refractivity contribution in [1.82, 2.24) is 14.7 Å². The normalized spacial score (nSPS) is 24.1. The summed E-state index contributed by atoms with van der Waals surface area (Å²) < 4.78 is 6.47. The van der Waals surface area contributed by atoms with E-state index in [0.29, 0.717) is 31.0 Å². The number of aromatic nitrogens is 2. The quantitative estimate of drug-likeness (QED) is 0.854. The van der Waals surface area contributed by atoms with E-state index < -0.39 is 5.60 Å². The summed E-state index contributed by atoms with van der Waals surface area (Å²) in [6, 6.07) is 10.5. The van der Waals surface area contributed by atoms with Crippen LogP contribution in [0.1, 0.15) is 32.1 Å². The number of carbonyl (C=O) groups excluding carboxylic acids is 1. The van der Waals surface area contributed by atoms with Gasteiger partial charge in [0, 0.05) is 30.6 Å². The fraction of sp³-hybridized carbons (Fsp3) is 0.500. The van der Waals surface area contributed by atoms with E-state index in [2.05, 4.69) is 5.10 Å². The number of methoxy groups -OCH3 is 1. The van der Waals surface area contributed by atoms with Crippen LogP contribution in [-0.4, -0.2) is 51.5 Å². The Balaban J connectivity index is 1.50. The lowest BCUT2D eigenvalue weighted by atomic mass is 9.71. The Morgan fingerprint density at radius 1 is 1.28 bits per heavy atom. The summed E-state index contributed by atoms with van der Waals surface area (Å²) >= 11 is 0. The number of aliphatic hydroxyl groups is 1. The summed E-state index contributed by atoms with van der Waals surface area (Å²) in [6.45, 7) is 0.984. The molecule has 7 nitrogen and oxygen atoms in total. The van der Waals surface area contributed by atoms with Crippen LogP contribution in [0.3, 0.4) is 0 Å². The molecule has 2 aliphatic rings. The topological polar surface area (TPSA) is 84.7 Å². The van der Waals surface area contributed by atoms with Crippen molar-refractivity contribution in [2.24, 2.45) is 5.92 Å². The van der Waals surface area contributed by atoms with Crippen LogP contribution in [0.5, 0.6) is 5.75 Å². The zero-order valence-electron chi connectivity index (χ0n) is 16.7. The number of rotatable bonds is 4. The first-order valence-corrected chi connectivity index (χ1v) is 10.2. The Hall–Kier alpha value is -2.67. The van der Waals surface area contributed by atoms with Gasteiger partial charge in [-0.2, -0.15) is 5.10 Å². The number of fused-ring (bicyclic) bond motifs is 1. The number of nitrogens with zero attached hydrogens (tertiary/aromatic N) is 3. The molecule has 1 amide bonds. The Kier molecular flexibility index (Phi) is 5.41. The SMILES string of the molecule is COc1cccc(-c2ccc(=O)n(CC(=O)N3CC[C@@]4(O)CCCC[C@@H]4C3)n2)c1. The minimum atomic E-state index is -0.629. The molecular formula is C22H27N3O4. The molecule has 2 aromatic rings. The maximum Gasteiger partial charge on any atom is 0.267 e. The highest BCUT2D eigenvalue weighted by Gasteiger charge is 2.43. The highest BCUT2D eigenvalue weighted by molar-refractivity contribution is 5.76. The van der Waals surface area contributed by atoms with Gasteiger partial charge in [0.25, 0.3) is 5.56 Å². The first-order chi connectivity index (χ1) is 14.0. The minimum Gasteiger partial charge on any atom is -0.497 e. The minimum absolute atomic E-state index is 0.0954. The molecule has 1 N–H and O–H groups in total. The Labute approximate surface area is 169 Å². The van der Waals surface area contributed by atoms with Crippen LogP contribution in [-0.2, 0) is 11.3 Å². The van der Waals surface area contributed by atoms with Crippen LogP contribution < -0.4 is 10.3 Å². The fourth-order valence-electron chi connectivity index (χ4n) is 4.52. The third-order valence-electron chi connectivity index (χ3n) is 6.30. The number of hydrogen-bond acceptors (Lipinski definition) is 5. The van der Waals surface area contributed by atoms with Gasteiger partial charge in [-0.25, -0.2) is 4.68 Å². The van der Waals surface area contributed by atoms with Crippen LogP contribution in [0.25, 0.3) is 11.3 Å². The molecule has 154 valence electrons. The Bertz CT molecular complexity index is 957. The molecule has 1 saturated carbocycles. The molecule has 4 rings (SSSR count). The van der Waals surface area contributed by atoms with E-state index in [4.69, 9.17) is 4.74 Å². The molecule has 2 heterocycles. The Morgan fingerprint density at radius 2 is 2.14 bits per heavy atom. The second kappa shape index (κ2) is 7.99. The summed E-state index contributed by atoms with van der Waals surface area (Å²) in [5.74, 6) is 0.697. The molecule has 0 radical (unpaired) electrons. The van der Waals surface area contributed by atoms with E-state index in [9.17, 15) is 14.7 Å². The van der Waals surface area contributed by atoms with Gasteiger partial charge in [-0.3, -0.25) is 9.59 Å². The van der Waals surface area contributed by atoms with Crippen molar-refractivity contribution >= 4 is 5.91 Å². The summed E-state index contributed by atoms with van der Waals surface area (Å²) in [5.41, 5.74) is 0.486. The van der Waals surface area contributed by atoms with Crippen molar-refractivity contribution in [3.05, 3.63) is 46.8 Å². The molecule has 2 atom stereocenters. The summed E-state index contributed by atoms with van der Waals surface area (Å²) in [4.78, 5) is 26.9. The molecule has 2 fully saturated rings. The van der Waals surface area contributed by atoms with Crippen LogP contribution in [0, 0.1) is 5.92 Å². The largest absolute Gasteiger partial charge is 0.497 e. The van der Waals surface area contributed by atoms with E-state index in [1.54, 1.807) is 18.1 Å². The van der Waals surface area contributed by atoms with Crippen molar-refractivity contribution in [2.75, 3.05) is 20.2 Å². The van der Waals surface area contributed by atoms with E-state index in [0.717, 1.165) is 31.2 Å². The average molecular weight is 397 g/mol. The number of ether oxygens (including phenoxy) is 1. The second-order valence-electron chi connectivity index (χ2n) is 8.08. The highest BCUT2D eigenvalue weighted by atomic mass is 16.5. The van der Waals surface area contributed by atoms with E-state index in [1.807, 2.05) is 24.3 Å². The molecule has 1 saturated heterocycles. The molecule has 1 aromatic heterocycles. The standard InChI is InChI=1S/C22H27N3O4/c1-29-18-7-4-5-16(13-18)19-8-9-20(26)25(23-19)15-21(27)24-12-11-22(28)10-3-2-6-17(22)14-24/h4-5,7-9,13,17,28H,2-3,6,10-12,14-15H2,1H3/t17-,22+/m1/s1. The first-order valence-electron chi connectivity index (χ1n) is 10.2. The molecule has 1 aromatic carbocycles. The highest BCUT2D eigenvalue weighted by Crippen LogP contribution is 2.39. The lowest BCUT2D eigenvalue weighted by Gasteiger charge is -2.47. The van der Waals surface area contributed by atoms with Crippen LogP contribution >= 0.6 is 0 Å². The van der Waals surface area contributed by atoms with Gasteiger partial charge >= 0.3 is 0 Å². The van der Waals surface area contributed by atoms with E-state index in [1.165, 1.54) is 10.7 Å². The number of benzene rings is 1. The predicted molar refractivity (Wildman–Crippen MR) is 109 cm³/mol. The smallest absolute Gasteiger partial charge is 0.267 e. The van der Waals surface area contributed by atoms with Gasteiger partial charge < -0.3 is 14.7 Å². The predicted octanol–water partition coefficient (Wildman–Crippen LogP) is 2.07. The molecule has 0 bridgehead atoms. The first kappa shape index (κ1) is 19.6. The zero-order chi connectivity index (χ0) is 20.4. The Morgan fingerprint density at radius 3 is 2.97 bits per heavy atom. The van der Waals surface area contributed by atoms with Crippen LogP contribution in [0.15, 0.2) is 41.2 Å². The number of likely N-dealkylation sites (tertiary alicyclic amines) is 1. The third-order valence-corrected chi connectivity index (χ3v) is 6.30.